The molecule has 0 radical (unpaired) electrons. The van der Waals surface area contributed by atoms with Crippen molar-refractivity contribution >= 4 is 17.1 Å². The van der Waals surface area contributed by atoms with Crippen molar-refractivity contribution in [3.05, 3.63) is 99.5 Å². The summed E-state index contributed by atoms with van der Waals surface area (Å²) in [5, 5.41) is 41.7. The Labute approximate surface area is 256 Å². The second kappa shape index (κ2) is 12.0. The fourth-order valence-corrected chi connectivity index (χ4v) is 6.55. The number of allylic oxidation sites excluding steroid dienone is 6. The number of phenolic OH excluding ortho intramolecular Hbond substituents is 1. The zero-order valence-electron chi connectivity index (χ0n) is 26.7. The number of anilines is 1. The number of fused-ring (bicyclic) bond motifs is 2. The number of hydrogen-bond donors (Lipinski definition) is 2. The topological polar surface area (TPSA) is 94.3 Å². The first-order chi connectivity index (χ1) is 20.5. The Morgan fingerprint density at radius 3 is 2.23 bits per heavy atom. The Hall–Kier alpha value is -4.55. The monoisotopic (exact) mass is 575 g/mol. The predicted molar refractivity (Wildman–Crippen MR) is 174 cm³/mol. The summed E-state index contributed by atoms with van der Waals surface area (Å²) in [6.07, 6.45) is 5.94. The Bertz CT molecular complexity index is 1680. The molecule has 2 heterocycles. The number of likely N-dealkylation sites (N-methyl/N-ethyl adjacent to an activating group) is 1. The summed E-state index contributed by atoms with van der Waals surface area (Å²) < 4.78 is 2.31. The van der Waals surface area contributed by atoms with E-state index in [1.54, 1.807) is 12.1 Å². The molecule has 2 aliphatic heterocycles. The highest BCUT2D eigenvalue weighted by atomic mass is 16.3. The third-order valence-electron chi connectivity index (χ3n) is 8.81. The van der Waals surface area contributed by atoms with Crippen LogP contribution in [-0.4, -0.2) is 33.6 Å². The number of benzene rings is 2. The van der Waals surface area contributed by atoms with Gasteiger partial charge in [-0.15, -0.1) is 0 Å². The molecule has 0 unspecified atom stereocenters. The summed E-state index contributed by atoms with van der Waals surface area (Å²) in [7, 11) is 0. The van der Waals surface area contributed by atoms with Crippen LogP contribution in [0.25, 0.3) is 0 Å². The van der Waals surface area contributed by atoms with Gasteiger partial charge in [0.2, 0.25) is 5.69 Å². The van der Waals surface area contributed by atoms with Crippen LogP contribution in [0.4, 0.5) is 11.4 Å². The second-order valence-corrected chi connectivity index (χ2v) is 11.9. The van der Waals surface area contributed by atoms with Gasteiger partial charge in [-0.3, -0.25) is 0 Å². The summed E-state index contributed by atoms with van der Waals surface area (Å²) in [6, 6.07) is 17.9. The average molecular weight is 576 g/mol. The first-order valence-electron chi connectivity index (χ1n) is 15.3. The quantitative estimate of drug-likeness (QED) is 0.266. The fourth-order valence-electron chi connectivity index (χ4n) is 6.55. The molecular weight excluding hydrogens is 532 g/mol. The molecule has 1 aliphatic carbocycles. The van der Waals surface area contributed by atoms with E-state index in [4.69, 9.17) is 0 Å². The van der Waals surface area contributed by atoms with Crippen LogP contribution in [-0.2, 0) is 10.8 Å². The van der Waals surface area contributed by atoms with E-state index in [-0.39, 0.29) is 22.5 Å². The van der Waals surface area contributed by atoms with Crippen LogP contribution >= 0.6 is 0 Å². The number of hydrogen-bond acceptors (Lipinski definition) is 5. The Kier molecular flexibility index (Phi) is 8.74. The highest BCUT2D eigenvalue weighted by Gasteiger charge is 2.46. The van der Waals surface area contributed by atoms with Crippen LogP contribution in [0.2, 0.25) is 0 Å². The second-order valence-electron chi connectivity index (χ2n) is 11.9. The van der Waals surface area contributed by atoms with Crippen LogP contribution in [0.3, 0.4) is 0 Å². The van der Waals surface area contributed by atoms with Crippen LogP contribution in [0.1, 0.15) is 79.4 Å². The van der Waals surface area contributed by atoms with Gasteiger partial charge in [0.25, 0.3) is 0 Å². The lowest BCUT2D eigenvalue weighted by Gasteiger charge is -2.31. The van der Waals surface area contributed by atoms with Gasteiger partial charge in [-0.05, 0) is 50.6 Å². The maximum Gasteiger partial charge on any atom is 0.209 e. The number of rotatable bonds is 6. The lowest BCUT2D eigenvalue weighted by Crippen LogP contribution is -2.30. The van der Waals surface area contributed by atoms with Crippen molar-refractivity contribution in [2.45, 2.75) is 79.1 Å². The number of aromatic hydroxyl groups is 1. The summed E-state index contributed by atoms with van der Waals surface area (Å²) in [6.45, 7) is 18.3. The van der Waals surface area contributed by atoms with E-state index in [1.807, 2.05) is 38.1 Å². The van der Waals surface area contributed by atoms with Gasteiger partial charge in [-0.2, -0.15) is 15.1 Å². The van der Waals surface area contributed by atoms with Crippen molar-refractivity contribution in [1.82, 2.24) is 0 Å². The zero-order chi connectivity index (χ0) is 31.7. The number of unbranched alkanes of at least 4 members (excludes halogenated alkanes) is 1. The Morgan fingerprint density at radius 1 is 0.930 bits per heavy atom. The summed E-state index contributed by atoms with van der Waals surface area (Å²) in [4.78, 5) is 2.16. The van der Waals surface area contributed by atoms with Gasteiger partial charge in [0, 0.05) is 64.2 Å². The Morgan fingerprint density at radius 2 is 1.60 bits per heavy atom. The number of aliphatic hydroxyl groups excluding tert-OH is 1. The smallest absolute Gasteiger partial charge is 0.209 e. The maximum atomic E-state index is 11.6. The van der Waals surface area contributed by atoms with E-state index in [9.17, 15) is 20.7 Å². The number of nitrogens with zero attached hydrogens (tertiary/aromatic N) is 4. The molecule has 222 valence electrons. The SMILES string of the molecule is CC.CCCC[N+]1=C(/C=C2C(O)=C(/C=C3\N(CC)c4ccc(O)cc4C3(C)C)C\2=C(C#N)C#N)C(C)(C)c2ccccc21. The molecule has 0 saturated heterocycles. The summed E-state index contributed by atoms with van der Waals surface area (Å²) in [5.41, 5.74) is 6.97. The van der Waals surface area contributed by atoms with E-state index in [1.165, 1.54) is 5.56 Å². The third kappa shape index (κ3) is 4.96. The number of para-hydroxylation sites is 1. The van der Waals surface area contributed by atoms with Gasteiger partial charge < -0.3 is 15.1 Å². The van der Waals surface area contributed by atoms with E-state index >= 15 is 0 Å². The van der Waals surface area contributed by atoms with Gasteiger partial charge in [-0.25, -0.2) is 0 Å². The fraction of sp³-hybridized carbons (Fsp3) is 0.378. The zero-order valence-corrected chi connectivity index (χ0v) is 26.7. The van der Waals surface area contributed by atoms with Gasteiger partial charge in [-0.1, -0.05) is 59.2 Å². The van der Waals surface area contributed by atoms with Crippen molar-refractivity contribution in [1.29, 1.82) is 10.5 Å². The molecule has 0 bridgehead atoms. The molecule has 3 aliphatic rings. The number of phenols is 1. The molecule has 0 fully saturated rings. The van der Waals surface area contributed by atoms with E-state index < -0.39 is 5.41 Å². The van der Waals surface area contributed by atoms with Gasteiger partial charge in [0.15, 0.2) is 5.71 Å². The summed E-state index contributed by atoms with van der Waals surface area (Å²) >= 11 is 0. The van der Waals surface area contributed by atoms with Crippen molar-refractivity contribution in [3.63, 3.8) is 0 Å². The molecule has 2 N–H and O–H groups in total. The largest absolute Gasteiger partial charge is 0.508 e. The maximum absolute atomic E-state index is 11.6. The Balaban J connectivity index is 0.00000207. The highest BCUT2D eigenvalue weighted by Crippen LogP contribution is 2.51. The molecule has 6 nitrogen and oxygen atoms in total. The van der Waals surface area contributed by atoms with Crippen LogP contribution in [0.15, 0.2) is 88.4 Å². The van der Waals surface area contributed by atoms with E-state index in [0.29, 0.717) is 23.3 Å². The minimum atomic E-state index is -0.470. The normalized spacial score (nSPS) is 19.4. The van der Waals surface area contributed by atoms with E-state index in [0.717, 1.165) is 47.7 Å². The van der Waals surface area contributed by atoms with Crippen molar-refractivity contribution in [3.8, 4) is 17.9 Å². The molecule has 5 rings (SSSR count). The van der Waals surface area contributed by atoms with Gasteiger partial charge >= 0.3 is 0 Å². The van der Waals surface area contributed by atoms with Crippen molar-refractivity contribution in [2.24, 2.45) is 0 Å². The molecule has 0 atom stereocenters. The molecule has 0 spiro atoms. The number of nitriles is 2. The molecule has 6 heteroatoms. The van der Waals surface area contributed by atoms with Crippen LogP contribution in [0, 0.1) is 22.7 Å². The highest BCUT2D eigenvalue weighted by molar-refractivity contribution is 6.05. The molecule has 0 amide bonds. The predicted octanol–water partition coefficient (Wildman–Crippen LogP) is 8.39. The lowest BCUT2D eigenvalue weighted by atomic mass is 9.74. The lowest BCUT2D eigenvalue weighted by molar-refractivity contribution is -0.438. The van der Waals surface area contributed by atoms with Gasteiger partial charge in [0.1, 0.15) is 35.8 Å². The average Bonchev–Trinajstić information content (AvgIpc) is 3.35. The van der Waals surface area contributed by atoms with Crippen molar-refractivity contribution < 1.29 is 14.8 Å². The van der Waals surface area contributed by atoms with E-state index in [2.05, 4.69) is 81.4 Å². The molecule has 43 heavy (non-hydrogen) atoms. The van der Waals surface area contributed by atoms with Crippen molar-refractivity contribution in [2.75, 3.05) is 18.0 Å². The third-order valence-corrected chi connectivity index (χ3v) is 8.81. The first-order valence-corrected chi connectivity index (χ1v) is 15.3. The summed E-state index contributed by atoms with van der Waals surface area (Å²) in [5.74, 6) is 0.280. The van der Waals surface area contributed by atoms with Crippen LogP contribution in [0.5, 0.6) is 5.75 Å². The molecule has 0 aromatic heterocycles. The number of aliphatic hydroxyl groups is 1. The molecule has 0 saturated carbocycles. The molecule has 2 aromatic carbocycles. The molecule has 2 aromatic rings. The molecular formula is C37H43N4O2+. The first kappa shape index (κ1) is 31.4. The standard InChI is InChI=1S/C35H36N4O2.C2H6/c1-7-9-16-39-28-13-11-10-12-26(28)34(3,4)31(39)19-25-32(22(20-36)21-37)24(33(25)41)18-30-35(5,6)27-17-23(40)14-15-29(27)38(30)8-2;1-2/h10-15,17-19H,7-9,16H2,1-6H3,(H-,40,41);1-2H3/p+1. The minimum absolute atomic E-state index is 0.0241. The van der Waals surface area contributed by atoms with Gasteiger partial charge in [0.05, 0.1) is 5.41 Å². The van der Waals surface area contributed by atoms with Crippen LogP contribution < -0.4 is 4.90 Å². The minimum Gasteiger partial charge on any atom is -0.508 e.